The molecule has 1 aliphatic rings. The molecule has 0 atom stereocenters. The highest BCUT2D eigenvalue weighted by atomic mass is 16.4. The SMILES string of the molecule is CC1(C(=O)O)CCC(c2ccc(O)cc2)CC1. The maximum Gasteiger partial charge on any atom is 0.309 e. The van der Waals surface area contributed by atoms with E-state index in [1.807, 2.05) is 19.1 Å². The monoisotopic (exact) mass is 234 g/mol. The Kier molecular flexibility index (Phi) is 3.09. The molecule has 0 amide bonds. The maximum absolute atomic E-state index is 11.1. The van der Waals surface area contributed by atoms with Crippen LogP contribution in [-0.2, 0) is 4.79 Å². The number of benzene rings is 1. The van der Waals surface area contributed by atoms with E-state index < -0.39 is 11.4 Å². The van der Waals surface area contributed by atoms with Crippen LogP contribution in [0, 0.1) is 5.41 Å². The summed E-state index contributed by atoms with van der Waals surface area (Å²) in [5.74, 6) is 0.0321. The minimum atomic E-state index is -0.679. The fourth-order valence-electron chi connectivity index (χ4n) is 2.55. The van der Waals surface area contributed by atoms with Crippen LogP contribution in [0.3, 0.4) is 0 Å². The smallest absolute Gasteiger partial charge is 0.309 e. The molecule has 0 unspecified atom stereocenters. The summed E-state index contributed by atoms with van der Waals surface area (Å²) >= 11 is 0. The average Bonchev–Trinajstić information content (AvgIpc) is 2.31. The first kappa shape index (κ1) is 12.0. The van der Waals surface area contributed by atoms with Crippen LogP contribution in [0.1, 0.15) is 44.1 Å². The molecule has 1 fully saturated rings. The van der Waals surface area contributed by atoms with Crippen molar-refractivity contribution in [2.24, 2.45) is 5.41 Å². The zero-order chi connectivity index (χ0) is 12.5. The van der Waals surface area contributed by atoms with E-state index in [4.69, 9.17) is 5.11 Å². The third-order valence-corrected chi connectivity index (χ3v) is 3.97. The van der Waals surface area contributed by atoms with Crippen LogP contribution >= 0.6 is 0 Å². The van der Waals surface area contributed by atoms with Crippen LogP contribution in [0.2, 0.25) is 0 Å². The standard InChI is InChI=1S/C14H18O3/c1-14(13(16)17)8-6-11(7-9-14)10-2-4-12(15)5-3-10/h2-5,11,15H,6-9H2,1H3,(H,16,17). The van der Waals surface area contributed by atoms with Gasteiger partial charge in [0.15, 0.2) is 0 Å². The molecule has 0 aromatic heterocycles. The summed E-state index contributed by atoms with van der Waals surface area (Å²) in [5, 5.41) is 18.4. The van der Waals surface area contributed by atoms with Crippen molar-refractivity contribution >= 4 is 5.97 Å². The third-order valence-electron chi connectivity index (χ3n) is 3.97. The summed E-state index contributed by atoms with van der Waals surface area (Å²) in [7, 11) is 0. The van der Waals surface area contributed by atoms with Gasteiger partial charge in [-0.1, -0.05) is 12.1 Å². The van der Waals surface area contributed by atoms with E-state index in [-0.39, 0.29) is 5.75 Å². The number of hydrogen-bond acceptors (Lipinski definition) is 2. The fraction of sp³-hybridized carbons (Fsp3) is 0.500. The number of carbonyl (C=O) groups is 1. The second kappa shape index (κ2) is 4.40. The number of carboxylic acids is 1. The molecule has 2 rings (SSSR count). The zero-order valence-corrected chi connectivity index (χ0v) is 10.0. The predicted molar refractivity (Wildman–Crippen MR) is 65.1 cm³/mol. The molecule has 0 heterocycles. The lowest BCUT2D eigenvalue weighted by atomic mass is 9.70. The highest BCUT2D eigenvalue weighted by Crippen LogP contribution is 2.43. The van der Waals surface area contributed by atoms with Crippen molar-refractivity contribution in [2.45, 2.75) is 38.5 Å². The molecule has 3 heteroatoms. The summed E-state index contributed by atoms with van der Waals surface area (Å²) in [6, 6.07) is 7.26. The maximum atomic E-state index is 11.1. The van der Waals surface area contributed by atoms with Crippen LogP contribution < -0.4 is 0 Å². The number of phenols is 1. The van der Waals surface area contributed by atoms with E-state index in [0.717, 1.165) is 25.7 Å². The lowest BCUT2D eigenvalue weighted by molar-refractivity contribution is -0.149. The lowest BCUT2D eigenvalue weighted by Gasteiger charge is -2.34. The summed E-state index contributed by atoms with van der Waals surface area (Å²) in [4.78, 5) is 11.1. The molecular formula is C14H18O3. The Balaban J connectivity index is 2.04. The third kappa shape index (κ3) is 2.43. The zero-order valence-electron chi connectivity index (χ0n) is 10.0. The molecule has 0 bridgehead atoms. The largest absolute Gasteiger partial charge is 0.508 e. The first-order chi connectivity index (χ1) is 8.01. The van der Waals surface area contributed by atoms with Gasteiger partial charge in [-0.25, -0.2) is 0 Å². The Bertz CT molecular complexity index is 400. The van der Waals surface area contributed by atoms with Crippen molar-refractivity contribution in [1.29, 1.82) is 0 Å². The van der Waals surface area contributed by atoms with Gasteiger partial charge in [-0.05, 0) is 56.2 Å². The van der Waals surface area contributed by atoms with E-state index in [0.29, 0.717) is 5.92 Å². The molecule has 0 saturated heterocycles. The molecule has 0 aliphatic heterocycles. The predicted octanol–water partition coefficient (Wildman–Crippen LogP) is 3.14. The first-order valence-electron chi connectivity index (χ1n) is 6.03. The molecule has 0 radical (unpaired) electrons. The van der Waals surface area contributed by atoms with Crippen molar-refractivity contribution in [3.63, 3.8) is 0 Å². The van der Waals surface area contributed by atoms with Crippen molar-refractivity contribution in [3.8, 4) is 5.75 Å². The normalized spacial score (nSPS) is 28.9. The highest BCUT2D eigenvalue weighted by Gasteiger charge is 2.37. The molecule has 2 N–H and O–H groups in total. The van der Waals surface area contributed by atoms with Gasteiger partial charge in [0.2, 0.25) is 0 Å². The van der Waals surface area contributed by atoms with Gasteiger partial charge in [-0.2, -0.15) is 0 Å². The molecule has 1 aromatic rings. The Morgan fingerprint density at radius 1 is 1.24 bits per heavy atom. The molecule has 0 spiro atoms. The number of phenolic OH excluding ortho intramolecular Hbond substituents is 1. The van der Waals surface area contributed by atoms with E-state index in [1.54, 1.807) is 12.1 Å². The highest BCUT2D eigenvalue weighted by molar-refractivity contribution is 5.74. The van der Waals surface area contributed by atoms with Crippen molar-refractivity contribution < 1.29 is 15.0 Å². The van der Waals surface area contributed by atoms with Gasteiger partial charge in [-0.3, -0.25) is 4.79 Å². The van der Waals surface area contributed by atoms with Gasteiger partial charge in [-0.15, -0.1) is 0 Å². The summed E-state index contributed by atoms with van der Waals surface area (Å²) in [6.07, 6.45) is 3.28. The van der Waals surface area contributed by atoms with Gasteiger partial charge in [0.1, 0.15) is 5.75 Å². The van der Waals surface area contributed by atoms with E-state index >= 15 is 0 Å². The number of rotatable bonds is 2. The van der Waals surface area contributed by atoms with Gasteiger partial charge < -0.3 is 10.2 Å². The molecule has 92 valence electrons. The van der Waals surface area contributed by atoms with Gasteiger partial charge in [0, 0.05) is 0 Å². The van der Waals surface area contributed by atoms with E-state index in [1.165, 1.54) is 5.56 Å². The first-order valence-corrected chi connectivity index (χ1v) is 6.03. The summed E-state index contributed by atoms with van der Waals surface area (Å²) in [6.45, 7) is 1.84. The van der Waals surface area contributed by atoms with Crippen molar-refractivity contribution in [3.05, 3.63) is 29.8 Å². The molecule has 1 saturated carbocycles. The fourth-order valence-corrected chi connectivity index (χ4v) is 2.55. The van der Waals surface area contributed by atoms with Crippen molar-refractivity contribution in [1.82, 2.24) is 0 Å². The second-order valence-corrected chi connectivity index (χ2v) is 5.23. The number of hydrogen-bond donors (Lipinski definition) is 2. The van der Waals surface area contributed by atoms with E-state index in [2.05, 4.69) is 0 Å². The van der Waals surface area contributed by atoms with Crippen LogP contribution in [-0.4, -0.2) is 16.2 Å². The average molecular weight is 234 g/mol. The summed E-state index contributed by atoms with van der Waals surface area (Å²) < 4.78 is 0. The molecular weight excluding hydrogens is 216 g/mol. The Hall–Kier alpha value is -1.51. The molecule has 3 nitrogen and oxygen atoms in total. The number of aliphatic carboxylic acids is 1. The molecule has 1 aliphatic carbocycles. The van der Waals surface area contributed by atoms with Gasteiger partial charge in [0.05, 0.1) is 5.41 Å². The van der Waals surface area contributed by atoms with Crippen LogP contribution in [0.25, 0.3) is 0 Å². The minimum Gasteiger partial charge on any atom is -0.508 e. The van der Waals surface area contributed by atoms with Crippen LogP contribution in [0.4, 0.5) is 0 Å². The topological polar surface area (TPSA) is 57.5 Å². The Labute approximate surface area is 101 Å². The van der Waals surface area contributed by atoms with Gasteiger partial charge >= 0.3 is 5.97 Å². The Morgan fingerprint density at radius 3 is 2.24 bits per heavy atom. The minimum absolute atomic E-state index is 0.278. The Morgan fingerprint density at radius 2 is 1.76 bits per heavy atom. The lowest BCUT2D eigenvalue weighted by Crippen LogP contribution is -2.31. The molecule has 1 aromatic carbocycles. The van der Waals surface area contributed by atoms with Crippen LogP contribution in [0.5, 0.6) is 5.75 Å². The number of carboxylic acid groups (broad SMARTS) is 1. The second-order valence-electron chi connectivity index (χ2n) is 5.23. The van der Waals surface area contributed by atoms with Gasteiger partial charge in [0.25, 0.3) is 0 Å². The molecule has 17 heavy (non-hydrogen) atoms. The quantitative estimate of drug-likeness (QED) is 0.826. The van der Waals surface area contributed by atoms with Crippen molar-refractivity contribution in [2.75, 3.05) is 0 Å². The van der Waals surface area contributed by atoms with E-state index in [9.17, 15) is 9.90 Å². The number of aromatic hydroxyl groups is 1. The summed E-state index contributed by atoms with van der Waals surface area (Å²) in [5.41, 5.74) is 0.656. The van der Waals surface area contributed by atoms with Crippen LogP contribution in [0.15, 0.2) is 24.3 Å².